The Balaban J connectivity index is 2.49. The van der Waals surface area contributed by atoms with Crippen molar-refractivity contribution in [2.75, 3.05) is 20.2 Å². The number of ether oxygens (including phenoxy) is 1. The molecule has 0 heterocycles. The van der Waals surface area contributed by atoms with Gasteiger partial charge >= 0.3 is 5.97 Å². The molecule has 1 aromatic carbocycles. The van der Waals surface area contributed by atoms with E-state index in [4.69, 9.17) is 4.74 Å². The van der Waals surface area contributed by atoms with Crippen LogP contribution in [0.1, 0.15) is 15.9 Å². The van der Waals surface area contributed by atoms with Crippen molar-refractivity contribution in [1.82, 2.24) is 10.6 Å². The molecule has 0 aromatic heterocycles. The number of aromatic hydroxyl groups is 1. The van der Waals surface area contributed by atoms with Gasteiger partial charge in [0.15, 0.2) is 6.61 Å². The number of amides is 2. The summed E-state index contributed by atoms with van der Waals surface area (Å²) in [5, 5.41) is 14.3. The van der Waals surface area contributed by atoms with Crippen LogP contribution in [0.4, 0.5) is 0 Å². The van der Waals surface area contributed by atoms with E-state index in [1.54, 1.807) is 19.1 Å². The third-order valence-electron chi connectivity index (χ3n) is 2.52. The van der Waals surface area contributed by atoms with Crippen LogP contribution in [0.2, 0.25) is 0 Å². The smallest absolute Gasteiger partial charge is 0.342 e. The number of phenolic OH excluding ortho intramolecular Hbond substituents is 1. The average Bonchev–Trinajstić information content (AvgIpc) is 2.44. The summed E-state index contributed by atoms with van der Waals surface area (Å²) < 4.78 is 4.75. The summed E-state index contributed by atoms with van der Waals surface area (Å²) in [6.45, 7) is 0.925. The Bertz CT molecular complexity index is 527. The lowest BCUT2D eigenvalue weighted by atomic mass is 10.1. The number of hydrogen-bond donors (Lipinski definition) is 3. The van der Waals surface area contributed by atoms with Crippen molar-refractivity contribution in [3.8, 4) is 5.75 Å². The standard InChI is InChI=1S/C13H16N2O5/c1-8-4-3-5-9(12(8)18)13(19)20-7-11(17)15-6-10(16)14-2/h3-5,18H,6-7H2,1-2H3,(H,14,16)(H,15,17). The highest BCUT2D eigenvalue weighted by atomic mass is 16.5. The number of rotatable bonds is 5. The first-order valence-electron chi connectivity index (χ1n) is 5.88. The monoisotopic (exact) mass is 280 g/mol. The van der Waals surface area contributed by atoms with E-state index in [1.807, 2.05) is 0 Å². The Hall–Kier alpha value is -2.57. The highest BCUT2D eigenvalue weighted by molar-refractivity contribution is 5.94. The molecule has 0 fully saturated rings. The maximum Gasteiger partial charge on any atom is 0.342 e. The number of esters is 1. The summed E-state index contributed by atoms with van der Waals surface area (Å²) in [7, 11) is 1.44. The number of hydrogen-bond acceptors (Lipinski definition) is 5. The normalized spacial score (nSPS) is 9.70. The predicted molar refractivity (Wildman–Crippen MR) is 70.2 cm³/mol. The molecule has 108 valence electrons. The topological polar surface area (TPSA) is 105 Å². The van der Waals surface area contributed by atoms with E-state index in [1.165, 1.54) is 13.1 Å². The minimum absolute atomic E-state index is 0.0101. The number of nitrogens with one attached hydrogen (secondary N) is 2. The Morgan fingerprint density at radius 3 is 2.60 bits per heavy atom. The minimum atomic E-state index is -0.804. The van der Waals surface area contributed by atoms with Gasteiger partial charge in [0.1, 0.15) is 11.3 Å². The van der Waals surface area contributed by atoms with E-state index in [0.717, 1.165) is 0 Å². The molecule has 20 heavy (non-hydrogen) atoms. The Labute approximate surface area is 115 Å². The lowest BCUT2D eigenvalue weighted by Crippen LogP contribution is -2.37. The van der Waals surface area contributed by atoms with Crippen LogP contribution in [0.3, 0.4) is 0 Å². The highest BCUT2D eigenvalue weighted by Gasteiger charge is 2.15. The molecule has 1 aromatic rings. The molecule has 0 saturated heterocycles. The zero-order chi connectivity index (χ0) is 15.1. The van der Waals surface area contributed by atoms with E-state index in [2.05, 4.69) is 10.6 Å². The summed E-state index contributed by atoms with van der Waals surface area (Å²) in [6, 6.07) is 4.63. The van der Waals surface area contributed by atoms with Gasteiger partial charge in [0.25, 0.3) is 5.91 Å². The zero-order valence-electron chi connectivity index (χ0n) is 11.2. The summed E-state index contributed by atoms with van der Waals surface area (Å²) in [6.07, 6.45) is 0. The third kappa shape index (κ3) is 4.27. The van der Waals surface area contributed by atoms with Crippen molar-refractivity contribution in [1.29, 1.82) is 0 Å². The molecule has 0 atom stereocenters. The molecule has 0 bridgehead atoms. The molecule has 0 spiro atoms. The second-order valence-electron chi connectivity index (χ2n) is 4.00. The van der Waals surface area contributed by atoms with Crippen molar-refractivity contribution in [3.05, 3.63) is 29.3 Å². The lowest BCUT2D eigenvalue weighted by Gasteiger charge is -2.08. The fourth-order valence-electron chi connectivity index (χ4n) is 1.35. The predicted octanol–water partition coefficient (Wildman–Crippen LogP) is -0.280. The average molecular weight is 280 g/mol. The van der Waals surface area contributed by atoms with Crippen LogP contribution < -0.4 is 10.6 Å². The van der Waals surface area contributed by atoms with Gasteiger partial charge in [-0.2, -0.15) is 0 Å². The number of aryl methyl sites for hydroxylation is 1. The number of likely N-dealkylation sites (N-methyl/N-ethyl adjacent to an activating group) is 1. The number of benzene rings is 1. The fraction of sp³-hybridized carbons (Fsp3) is 0.308. The maximum atomic E-state index is 11.7. The Morgan fingerprint density at radius 2 is 1.95 bits per heavy atom. The van der Waals surface area contributed by atoms with Gasteiger partial charge in [-0.1, -0.05) is 12.1 Å². The molecule has 7 heteroatoms. The van der Waals surface area contributed by atoms with Crippen LogP contribution in [0.25, 0.3) is 0 Å². The summed E-state index contributed by atoms with van der Waals surface area (Å²) >= 11 is 0. The van der Waals surface area contributed by atoms with Crippen LogP contribution >= 0.6 is 0 Å². The van der Waals surface area contributed by atoms with Gasteiger partial charge in [0.2, 0.25) is 5.91 Å². The molecular weight excluding hydrogens is 264 g/mol. The molecule has 0 aliphatic rings. The first kappa shape index (κ1) is 15.5. The summed E-state index contributed by atoms with van der Waals surface area (Å²) in [5.41, 5.74) is 0.521. The Kier molecular flexibility index (Phi) is 5.52. The van der Waals surface area contributed by atoms with Gasteiger partial charge in [0.05, 0.1) is 6.54 Å². The van der Waals surface area contributed by atoms with Gasteiger partial charge in [0, 0.05) is 7.05 Å². The van der Waals surface area contributed by atoms with Crippen molar-refractivity contribution in [3.63, 3.8) is 0 Å². The molecule has 7 nitrogen and oxygen atoms in total. The molecule has 0 saturated carbocycles. The minimum Gasteiger partial charge on any atom is -0.507 e. The van der Waals surface area contributed by atoms with Crippen LogP contribution in [0.5, 0.6) is 5.75 Å². The maximum absolute atomic E-state index is 11.7. The quantitative estimate of drug-likeness (QED) is 0.643. The number of carbonyl (C=O) groups excluding carboxylic acids is 3. The van der Waals surface area contributed by atoms with Crippen LogP contribution in [-0.4, -0.2) is 43.1 Å². The van der Waals surface area contributed by atoms with E-state index in [9.17, 15) is 19.5 Å². The first-order valence-corrected chi connectivity index (χ1v) is 5.88. The van der Waals surface area contributed by atoms with Crippen LogP contribution in [-0.2, 0) is 14.3 Å². The van der Waals surface area contributed by atoms with E-state index in [0.29, 0.717) is 5.56 Å². The molecule has 0 radical (unpaired) electrons. The van der Waals surface area contributed by atoms with Crippen molar-refractivity contribution in [2.24, 2.45) is 0 Å². The van der Waals surface area contributed by atoms with Gasteiger partial charge in [-0.25, -0.2) is 4.79 Å². The zero-order valence-corrected chi connectivity index (χ0v) is 11.2. The molecule has 0 aliphatic carbocycles. The van der Waals surface area contributed by atoms with Gasteiger partial charge in [-0.05, 0) is 18.6 Å². The van der Waals surface area contributed by atoms with E-state index >= 15 is 0 Å². The molecular formula is C13H16N2O5. The summed E-state index contributed by atoms with van der Waals surface area (Å²) in [4.78, 5) is 33.9. The highest BCUT2D eigenvalue weighted by Crippen LogP contribution is 2.21. The number of phenols is 1. The SMILES string of the molecule is CNC(=O)CNC(=O)COC(=O)c1cccc(C)c1O. The van der Waals surface area contributed by atoms with Crippen molar-refractivity contribution < 1.29 is 24.2 Å². The first-order chi connectivity index (χ1) is 9.45. The van der Waals surface area contributed by atoms with E-state index < -0.39 is 18.5 Å². The Morgan fingerprint density at radius 1 is 1.25 bits per heavy atom. The van der Waals surface area contributed by atoms with Crippen LogP contribution in [0, 0.1) is 6.92 Å². The van der Waals surface area contributed by atoms with Crippen LogP contribution in [0.15, 0.2) is 18.2 Å². The second kappa shape index (κ2) is 7.13. The van der Waals surface area contributed by atoms with Crippen molar-refractivity contribution >= 4 is 17.8 Å². The molecule has 2 amide bonds. The molecule has 0 unspecified atom stereocenters. The summed E-state index contributed by atoms with van der Waals surface area (Å²) in [5.74, 6) is -1.94. The van der Waals surface area contributed by atoms with Crippen molar-refractivity contribution in [2.45, 2.75) is 6.92 Å². The number of carbonyl (C=O) groups is 3. The molecule has 0 aliphatic heterocycles. The number of para-hydroxylation sites is 1. The molecule has 3 N–H and O–H groups in total. The third-order valence-corrected chi connectivity index (χ3v) is 2.52. The largest absolute Gasteiger partial charge is 0.507 e. The van der Waals surface area contributed by atoms with Gasteiger partial charge in [-0.3, -0.25) is 9.59 Å². The van der Waals surface area contributed by atoms with Gasteiger partial charge in [-0.15, -0.1) is 0 Å². The van der Waals surface area contributed by atoms with E-state index in [-0.39, 0.29) is 23.8 Å². The fourth-order valence-corrected chi connectivity index (χ4v) is 1.35. The lowest BCUT2D eigenvalue weighted by molar-refractivity contribution is -0.127. The molecule has 1 rings (SSSR count). The second-order valence-corrected chi connectivity index (χ2v) is 4.00. The van der Waals surface area contributed by atoms with Gasteiger partial charge < -0.3 is 20.5 Å².